The second-order valence-electron chi connectivity index (χ2n) is 6.21. The highest BCUT2D eigenvalue weighted by molar-refractivity contribution is 5.98. The van der Waals surface area contributed by atoms with Crippen molar-refractivity contribution >= 4 is 23.3 Å². The first kappa shape index (κ1) is 23.5. The maximum atomic E-state index is 12.5. The van der Waals surface area contributed by atoms with Crippen LogP contribution in [0.15, 0.2) is 36.4 Å². The number of carbonyl (C=O) groups is 2. The minimum Gasteiger partial charge on any atom is -0.494 e. The van der Waals surface area contributed by atoms with Crippen molar-refractivity contribution in [1.82, 2.24) is 0 Å². The third-order valence-electron chi connectivity index (χ3n) is 4.09. The van der Waals surface area contributed by atoms with Gasteiger partial charge in [-0.25, -0.2) is 4.79 Å². The van der Waals surface area contributed by atoms with Gasteiger partial charge in [0.15, 0.2) is 17.6 Å². The fourth-order valence-electron chi connectivity index (χ4n) is 2.59. The van der Waals surface area contributed by atoms with Gasteiger partial charge in [-0.3, -0.25) is 14.9 Å². The zero-order valence-electron chi connectivity index (χ0n) is 17.7. The molecule has 0 aliphatic heterocycles. The van der Waals surface area contributed by atoms with E-state index >= 15 is 0 Å². The van der Waals surface area contributed by atoms with Crippen molar-refractivity contribution in [3.63, 3.8) is 0 Å². The second-order valence-corrected chi connectivity index (χ2v) is 6.21. The van der Waals surface area contributed by atoms with Crippen LogP contribution in [0, 0.1) is 10.1 Å². The minimum atomic E-state index is -1.14. The molecule has 2 aromatic carbocycles. The Kier molecular flexibility index (Phi) is 8.18. The van der Waals surface area contributed by atoms with Gasteiger partial charge in [-0.1, -0.05) is 0 Å². The van der Waals surface area contributed by atoms with Gasteiger partial charge in [-0.2, -0.15) is 0 Å². The molecule has 10 heteroatoms. The first-order valence-electron chi connectivity index (χ1n) is 9.54. The molecule has 0 heterocycles. The number of non-ortho nitro benzene ring substituents is 1. The number of hydrogen-bond donors (Lipinski definition) is 1. The quantitative estimate of drug-likeness (QED) is 0.343. The summed E-state index contributed by atoms with van der Waals surface area (Å²) in [5.41, 5.74) is 0.218. The molecule has 166 valence electrons. The fraction of sp³-hybridized carbons (Fsp3) is 0.333. The Hall–Kier alpha value is -3.82. The number of nitrogens with one attached hydrogen (secondary N) is 1. The zero-order chi connectivity index (χ0) is 23.0. The van der Waals surface area contributed by atoms with Gasteiger partial charge >= 0.3 is 5.97 Å². The Labute approximate surface area is 179 Å². The largest absolute Gasteiger partial charge is 0.494 e. The number of nitro benzene ring substituents is 1. The minimum absolute atomic E-state index is 0.106. The van der Waals surface area contributed by atoms with E-state index in [1.807, 2.05) is 6.92 Å². The summed E-state index contributed by atoms with van der Waals surface area (Å²) in [5.74, 6) is -0.351. The molecule has 0 bridgehead atoms. The second kappa shape index (κ2) is 10.8. The van der Waals surface area contributed by atoms with E-state index in [0.29, 0.717) is 24.7 Å². The van der Waals surface area contributed by atoms with Gasteiger partial charge in [0.2, 0.25) is 0 Å². The van der Waals surface area contributed by atoms with Crippen LogP contribution < -0.4 is 19.5 Å². The summed E-state index contributed by atoms with van der Waals surface area (Å²) in [6.45, 7) is 5.86. The number of esters is 1. The number of ether oxygens (including phenoxy) is 4. The lowest BCUT2D eigenvalue weighted by atomic mass is 10.2. The van der Waals surface area contributed by atoms with E-state index in [4.69, 9.17) is 18.9 Å². The Morgan fingerprint density at radius 3 is 2.32 bits per heavy atom. The monoisotopic (exact) mass is 432 g/mol. The third-order valence-corrected chi connectivity index (χ3v) is 4.09. The van der Waals surface area contributed by atoms with Crippen LogP contribution in [0.25, 0.3) is 0 Å². The average Bonchev–Trinajstić information content (AvgIpc) is 2.75. The van der Waals surface area contributed by atoms with Crippen LogP contribution >= 0.6 is 0 Å². The molecule has 0 fully saturated rings. The van der Waals surface area contributed by atoms with Crippen LogP contribution in [0.4, 0.5) is 11.4 Å². The molecule has 1 atom stereocenters. The van der Waals surface area contributed by atoms with Crippen LogP contribution in [0.5, 0.6) is 17.2 Å². The number of anilines is 1. The lowest BCUT2D eigenvalue weighted by Gasteiger charge is -2.16. The molecule has 0 aliphatic carbocycles. The predicted octanol–water partition coefficient (Wildman–Crippen LogP) is 3.58. The molecule has 0 saturated carbocycles. The average molecular weight is 432 g/mol. The molecule has 0 spiro atoms. The van der Waals surface area contributed by atoms with Gasteiger partial charge in [0.1, 0.15) is 5.75 Å². The lowest BCUT2D eigenvalue weighted by molar-refractivity contribution is -0.384. The highest BCUT2D eigenvalue weighted by atomic mass is 16.6. The van der Waals surface area contributed by atoms with Crippen LogP contribution in [0.2, 0.25) is 0 Å². The molecule has 1 amide bonds. The standard InChI is InChI=1S/C21H24N2O8/c1-5-29-17-10-7-14(11-19(17)30-6-2)21(25)31-13(3)20(24)22-16-9-8-15(23(26)27)12-18(16)28-4/h7-13H,5-6H2,1-4H3,(H,22,24). The molecule has 0 saturated heterocycles. The summed E-state index contributed by atoms with van der Waals surface area (Å²) in [6, 6.07) is 8.34. The zero-order valence-corrected chi connectivity index (χ0v) is 17.7. The van der Waals surface area contributed by atoms with E-state index in [1.165, 1.54) is 44.4 Å². The molecule has 0 aromatic heterocycles. The molecule has 0 radical (unpaired) electrons. The number of nitrogens with zero attached hydrogens (tertiary/aromatic N) is 1. The summed E-state index contributed by atoms with van der Waals surface area (Å²) in [6.07, 6.45) is -1.14. The van der Waals surface area contributed by atoms with Gasteiger partial charge in [-0.05, 0) is 45.0 Å². The van der Waals surface area contributed by atoms with Crippen LogP contribution in [-0.4, -0.2) is 43.2 Å². The molecule has 0 aliphatic rings. The highest BCUT2D eigenvalue weighted by Gasteiger charge is 2.22. The number of amides is 1. The first-order chi connectivity index (χ1) is 14.8. The molecule has 2 aromatic rings. The van der Waals surface area contributed by atoms with Gasteiger partial charge in [0.05, 0.1) is 42.6 Å². The normalized spacial score (nSPS) is 11.2. The van der Waals surface area contributed by atoms with Crippen LogP contribution in [0.3, 0.4) is 0 Å². The fourth-order valence-corrected chi connectivity index (χ4v) is 2.59. The Morgan fingerprint density at radius 1 is 1.03 bits per heavy atom. The molecule has 10 nitrogen and oxygen atoms in total. The Balaban J connectivity index is 2.10. The summed E-state index contributed by atoms with van der Waals surface area (Å²) in [7, 11) is 1.32. The number of benzene rings is 2. The smallest absolute Gasteiger partial charge is 0.339 e. The van der Waals surface area contributed by atoms with Crippen molar-refractivity contribution < 1.29 is 33.5 Å². The van der Waals surface area contributed by atoms with E-state index in [0.717, 1.165) is 0 Å². The summed E-state index contributed by atoms with van der Waals surface area (Å²) in [4.78, 5) is 35.2. The summed E-state index contributed by atoms with van der Waals surface area (Å²) in [5, 5.41) is 13.4. The number of nitro groups is 1. The van der Waals surface area contributed by atoms with Gasteiger partial charge in [0.25, 0.3) is 11.6 Å². The maximum Gasteiger partial charge on any atom is 0.339 e. The molecule has 1 unspecified atom stereocenters. The highest BCUT2D eigenvalue weighted by Crippen LogP contribution is 2.30. The molecular weight excluding hydrogens is 408 g/mol. The lowest BCUT2D eigenvalue weighted by Crippen LogP contribution is -2.30. The number of methoxy groups -OCH3 is 1. The van der Waals surface area contributed by atoms with Crippen molar-refractivity contribution in [1.29, 1.82) is 0 Å². The van der Waals surface area contributed by atoms with E-state index in [2.05, 4.69) is 5.32 Å². The predicted molar refractivity (Wildman–Crippen MR) is 112 cm³/mol. The summed E-state index contributed by atoms with van der Waals surface area (Å²) < 4.78 is 21.3. The van der Waals surface area contributed by atoms with Gasteiger partial charge in [-0.15, -0.1) is 0 Å². The van der Waals surface area contributed by atoms with Gasteiger partial charge < -0.3 is 24.3 Å². The van der Waals surface area contributed by atoms with E-state index < -0.39 is 22.9 Å². The van der Waals surface area contributed by atoms with Crippen molar-refractivity contribution in [2.24, 2.45) is 0 Å². The van der Waals surface area contributed by atoms with Gasteiger partial charge in [0, 0.05) is 6.07 Å². The first-order valence-corrected chi connectivity index (χ1v) is 9.54. The molecule has 2 rings (SSSR count). The number of hydrogen-bond acceptors (Lipinski definition) is 8. The molecule has 1 N–H and O–H groups in total. The molecule has 31 heavy (non-hydrogen) atoms. The Morgan fingerprint density at radius 2 is 1.71 bits per heavy atom. The topological polar surface area (TPSA) is 126 Å². The van der Waals surface area contributed by atoms with Crippen LogP contribution in [-0.2, 0) is 9.53 Å². The Bertz CT molecular complexity index is 960. The van der Waals surface area contributed by atoms with Crippen molar-refractivity contribution in [3.8, 4) is 17.2 Å². The third kappa shape index (κ3) is 6.08. The van der Waals surface area contributed by atoms with Crippen molar-refractivity contribution in [2.45, 2.75) is 26.9 Å². The number of rotatable bonds is 10. The maximum absolute atomic E-state index is 12.5. The van der Waals surface area contributed by atoms with E-state index in [-0.39, 0.29) is 22.7 Å². The summed E-state index contributed by atoms with van der Waals surface area (Å²) >= 11 is 0. The SMILES string of the molecule is CCOc1ccc(C(=O)OC(C)C(=O)Nc2ccc([N+](=O)[O-])cc2OC)cc1OCC. The van der Waals surface area contributed by atoms with E-state index in [9.17, 15) is 19.7 Å². The van der Waals surface area contributed by atoms with E-state index in [1.54, 1.807) is 13.0 Å². The van der Waals surface area contributed by atoms with Crippen LogP contribution in [0.1, 0.15) is 31.1 Å². The number of carbonyl (C=O) groups excluding carboxylic acids is 2. The molecular formula is C21H24N2O8. The van der Waals surface area contributed by atoms with Crippen molar-refractivity contribution in [3.05, 3.63) is 52.1 Å². The van der Waals surface area contributed by atoms with Crippen molar-refractivity contribution in [2.75, 3.05) is 25.6 Å².